The summed E-state index contributed by atoms with van der Waals surface area (Å²) in [6.45, 7) is 0. The number of phenols is 1. The van der Waals surface area contributed by atoms with E-state index < -0.39 is 87.3 Å². The van der Waals surface area contributed by atoms with Gasteiger partial charge in [0.15, 0.2) is 5.82 Å². The monoisotopic (exact) mass is 758 g/mol. The summed E-state index contributed by atoms with van der Waals surface area (Å²) in [5.74, 6) is -9.06. The Labute approximate surface area is 303 Å². The van der Waals surface area contributed by atoms with E-state index in [2.05, 4.69) is 10.4 Å². The molecule has 2 aliphatic carbocycles. The number of hydrazine groups is 1. The lowest BCUT2D eigenvalue weighted by atomic mass is 9.49. The topological polar surface area (TPSA) is 155 Å². The molecule has 1 aromatic heterocycles. The van der Waals surface area contributed by atoms with Crippen molar-refractivity contribution < 1.29 is 51.7 Å². The highest BCUT2D eigenvalue weighted by Gasteiger charge is 2.71. The number of alkyl halides is 3. The number of fused-ring (bicyclic) bond motifs is 4. The van der Waals surface area contributed by atoms with Crippen molar-refractivity contribution in [2.24, 2.45) is 23.7 Å². The number of pyridine rings is 1. The zero-order chi connectivity index (χ0) is 37.4. The van der Waals surface area contributed by atoms with Gasteiger partial charge in [0.25, 0.3) is 11.8 Å². The predicted octanol–water partition coefficient (Wildman–Crippen LogP) is 5.87. The molecule has 4 aliphatic rings. The number of allylic oxidation sites excluding steroid dienone is 2. The van der Waals surface area contributed by atoms with E-state index in [0.717, 1.165) is 7.11 Å². The molecule has 6 atom stereocenters. The molecule has 1 saturated carbocycles. The molecule has 2 aromatic carbocycles. The second kappa shape index (κ2) is 12.5. The summed E-state index contributed by atoms with van der Waals surface area (Å²) in [5, 5.41) is 10.9. The summed E-state index contributed by atoms with van der Waals surface area (Å²) in [4.78, 5) is 74.1. The first-order valence-corrected chi connectivity index (χ1v) is 16.6. The Hall–Kier alpha value is -5.15. The van der Waals surface area contributed by atoms with Crippen LogP contribution in [0.2, 0.25) is 10.0 Å². The molecule has 270 valence electrons. The van der Waals surface area contributed by atoms with Crippen LogP contribution in [0.4, 0.5) is 23.8 Å². The highest BCUT2D eigenvalue weighted by molar-refractivity contribution is 6.33. The highest BCUT2D eigenvalue weighted by Crippen LogP contribution is 2.65. The molecule has 2 saturated heterocycles. The number of nitrogens with one attached hydrogen (secondary N) is 1. The molecule has 52 heavy (non-hydrogen) atoms. The first kappa shape index (κ1) is 35.3. The van der Waals surface area contributed by atoms with E-state index in [9.17, 15) is 37.5 Å². The van der Waals surface area contributed by atoms with Gasteiger partial charge in [-0.2, -0.15) is 23.1 Å². The third-order valence-electron chi connectivity index (χ3n) is 10.4. The second-order valence-electron chi connectivity index (χ2n) is 12.8. The average Bonchev–Trinajstić information content (AvgIpc) is 3.49. The minimum Gasteiger partial charge on any atom is -0.508 e. The molecule has 17 heteroatoms. The number of halogens is 5. The Kier molecular flexibility index (Phi) is 8.49. The minimum absolute atomic E-state index is 0.00200. The first-order chi connectivity index (χ1) is 24.6. The number of nitrogens with zero attached hydrogens (tertiary/aromatic N) is 3. The van der Waals surface area contributed by atoms with Gasteiger partial charge in [0.05, 0.1) is 48.0 Å². The lowest BCUT2D eigenvalue weighted by Crippen LogP contribution is -2.53. The number of carbonyl (C=O) groups is 5. The van der Waals surface area contributed by atoms with Gasteiger partial charge < -0.3 is 14.6 Å². The van der Waals surface area contributed by atoms with Crippen LogP contribution >= 0.6 is 23.2 Å². The third kappa shape index (κ3) is 5.11. The van der Waals surface area contributed by atoms with Crippen LogP contribution in [0.25, 0.3) is 0 Å². The first-order valence-electron chi connectivity index (χ1n) is 15.8. The molecular weight excluding hydrogens is 732 g/mol. The maximum absolute atomic E-state index is 15.2. The summed E-state index contributed by atoms with van der Waals surface area (Å²) in [5.41, 5.74) is 0.717. The number of ether oxygens (including phenoxy) is 2. The normalized spacial score (nSPS) is 26.8. The van der Waals surface area contributed by atoms with Crippen molar-refractivity contribution in [3.8, 4) is 11.5 Å². The van der Waals surface area contributed by atoms with Crippen molar-refractivity contribution in [3.05, 3.63) is 93.1 Å². The molecule has 12 nitrogen and oxygen atoms in total. The van der Waals surface area contributed by atoms with Crippen molar-refractivity contribution in [3.63, 3.8) is 0 Å². The van der Waals surface area contributed by atoms with Gasteiger partial charge in [0, 0.05) is 28.8 Å². The summed E-state index contributed by atoms with van der Waals surface area (Å²) >= 11 is 12.5. The molecular formula is C35H27Cl2F3N4O8. The van der Waals surface area contributed by atoms with Gasteiger partial charge in [0.2, 0.25) is 11.8 Å². The molecule has 2 aliphatic heterocycles. The van der Waals surface area contributed by atoms with Crippen LogP contribution in [-0.2, 0) is 35.5 Å². The number of methoxy groups -OCH3 is 2. The molecule has 0 unspecified atom stereocenters. The number of likely N-dealkylation sites (tertiary alicyclic amines) is 1. The Morgan fingerprint density at radius 3 is 2.35 bits per heavy atom. The van der Waals surface area contributed by atoms with Gasteiger partial charge in [-0.3, -0.25) is 24.6 Å². The summed E-state index contributed by atoms with van der Waals surface area (Å²) in [6, 6.07) is 11.0. The van der Waals surface area contributed by atoms with E-state index in [4.69, 9.17) is 32.7 Å². The average molecular weight is 760 g/mol. The van der Waals surface area contributed by atoms with Crippen LogP contribution < -0.4 is 10.2 Å². The van der Waals surface area contributed by atoms with Crippen molar-refractivity contribution in [2.75, 3.05) is 19.6 Å². The van der Waals surface area contributed by atoms with Gasteiger partial charge in [-0.25, -0.2) is 9.78 Å². The number of rotatable bonds is 5. The Morgan fingerprint density at radius 2 is 1.71 bits per heavy atom. The van der Waals surface area contributed by atoms with Crippen LogP contribution in [0, 0.1) is 23.7 Å². The van der Waals surface area contributed by atoms with Crippen molar-refractivity contribution >= 4 is 58.7 Å². The molecule has 0 bridgehead atoms. The van der Waals surface area contributed by atoms with Gasteiger partial charge in [-0.15, -0.1) is 0 Å². The number of benzene rings is 2. The standard InChI is InChI=1S/C35H27Cl2F3N4O8/c1-51-25-12-18(45)7-8-20(25)27-19-9-10-21-26(31(48)43(29(21)46)33(50)52-2)22(19)13-23-30(47)44(32(49)34(23,27)15-3-5-17(36)6-4-15)42-28-24(37)11-16(14-41-28)35(38,39)40/h3-9,11-12,14,21-23,26-27,45H,10,13H2,1-2H3,(H,41,42)/t21-,22+,23-,26-,27+,34+/m0/s1. The molecule has 3 fully saturated rings. The fraction of sp³-hybridized carbons (Fsp3) is 0.314. The number of phenolic OH excluding ortho intramolecular Hbond substituents is 1. The smallest absolute Gasteiger partial charge is 0.423 e. The number of imide groups is 4. The number of aromatic nitrogens is 1. The quantitative estimate of drug-likeness (QED) is 0.238. The number of anilines is 1. The lowest BCUT2D eigenvalue weighted by Gasteiger charge is -2.50. The molecule has 0 spiro atoms. The Morgan fingerprint density at radius 1 is 1.00 bits per heavy atom. The van der Waals surface area contributed by atoms with Gasteiger partial charge in [-0.1, -0.05) is 53.1 Å². The molecule has 0 radical (unpaired) electrons. The summed E-state index contributed by atoms with van der Waals surface area (Å²) in [6.07, 6.45) is -3.87. The Balaban J connectivity index is 1.45. The van der Waals surface area contributed by atoms with E-state index in [1.807, 2.05) is 0 Å². The van der Waals surface area contributed by atoms with E-state index >= 15 is 4.79 Å². The molecule has 2 N–H and O–H groups in total. The third-order valence-corrected chi connectivity index (χ3v) is 11.0. The van der Waals surface area contributed by atoms with E-state index in [-0.39, 0.29) is 24.3 Å². The van der Waals surface area contributed by atoms with Gasteiger partial charge >= 0.3 is 12.3 Å². The largest absolute Gasteiger partial charge is 0.508 e. The SMILES string of the molecule is COC(=O)N1C(=O)[C@H]2[C@H](CC=C3[C@H]2C[C@H]2C(=O)N(Nc4ncc(C(F)(F)F)cc4Cl)C(=O)[C@@]2(c2ccc(Cl)cc2)[C@H]3c2ccc(O)cc2OC)C1=O. The van der Waals surface area contributed by atoms with Crippen molar-refractivity contribution in [1.82, 2.24) is 14.9 Å². The lowest BCUT2D eigenvalue weighted by molar-refractivity contribution is -0.140. The second-order valence-corrected chi connectivity index (χ2v) is 13.7. The van der Waals surface area contributed by atoms with Crippen LogP contribution in [-0.4, -0.2) is 63.9 Å². The molecule has 5 amide bonds. The zero-order valence-electron chi connectivity index (χ0n) is 27.1. The number of hydrogen-bond donors (Lipinski definition) is 2. The minimum atomic E-state index is -4.77. The number of carbonyl (C=O) groups excluding carboxylic acids is 5. The van der Waals surface area contributed by atoms with Crippen LogP contribution in [0.5, 0.6) is 11.5 Å². The van der Waals surface area contributed by atoms with E-state index in [0.29, 0.717) is 43.9 Å². The van der Waals surface area contributed by atoms with Crippen molar-refractivity contribution in [1.29, 1.82) is 0 Å². The fourth-order valence-electron chi connectivity index (χ4n) is 8.34. The molecule has 3 aromatic rings. The van der Waals surface area contributed by atoms with Crippen LogP contribution in [0.3, 0.4) is 0 Å². The number of hydrogen-bond acceptors (Lipinski definition) is 10. The highest BCUT2D eigenvalue weighted by atomic mass is 35.5. The Bertz CT molecular complexity index is 2090. The van der Waals surface area contributed by atoms with Crippen LogP contribution in [0.15, 0.2) is 66.4 Å². The maximum Gasteiger partial charge on any atom is 0.423 e. The van der Waals surface area contributed by atoms with Crippen LogP contribution in [0.1, 0.15) is 35.4 Å². The molecule has 3 heterocycles. The van der Waals surface area contributed by atoms with Gasteiger partial charge in [0.1, 0.15) is 11.5 Å². The predicted molar refractivity (Wildman–Crippen MR) is 176 cm³/mol. The number of aromatic hydroxyl groups is 1. The zero-order valence-corrected chi connectivity index (χ0v) is 28.6. The van der Waals surface area contributed by atoms with Gasteiger partial charge in [-0.05, 0) is 48.6 Å². The van der Waals surface area contributed by atoms with E-state index in [1.54, 1.807) is 18.2 Å². The fourth-order valence-corrected chi connectivity index (χ4v) is 8.67. The summed E-state index contributed by atoms with van der Waals surface area (Å²) in [7, 11) is 2.38. The summed E-state index contributed by atoms with van der Waals surface area (Å²) < 4.78 is 50.7. The molecule has 7 rings (SSSR count). The number of amides is 5. The van der Waals surface area contributed by atoms with Crippen molar-refractivity contribution in [2.45, 2.75) is 30.4 Å². The maximum atomic E-state index is 15.2. The van der Waals surface area contributed by atoms with E-state index in [1.165, 1.54) is 37.4 Å².